The Morgan fingerprint density at radius 2 is 1.96 bits per heavy atom. The summed E-state index contributed by atoms with van der Waals surface area (Å²) in [6.07, 6.45) is 0. The molecule has 3 rings (SSSR count). The van der Waals surface area contributed by atoms with E-state index in [1.807, 2.05) is 26.0 Å². The third-order valence-electron chi connectivity index (χ3n) is 3.93. The van der Waals surface area contributed by atoms with Gasteiger partial charge in [-0.25, -0.2) is 4.98 Å². The number of aromatic nitrogens is 1. The van der Waals surface area contributed by atoms with Crippen molar-refractivity contribution in [3.63, 3.8) is 0 Å². The zero-order valence-corrected chi connectivity index (χ0v) is 14.5. The molecule has 0 aliphatic heterocycles. The number of nitrogens with one attached hydrogen (secondary N) is 1. The van der Waals surface area contributed by atoms with Crippen LogP contribution in [-0.4, -0.2) is 15.8 Å². The number of nitrogens with zero attached hydrogens (tertiary/aromatic N) is 2. The number of thiazole rings is 1. The summed E-state index contributed by atoms with van der Waals surface area (Å²) in [6, 6.07) is 11.8. The van der Waals surface area contributed by atoms with Crippen molar-refractivity contribution < 1.29 is 9.72 Å². The van der Waals surface area contributed by atoms with Crippen LogP contribution in [-0.2, 0) is 0 Å². The van der Waals surface area contributed by atoms with E-state index in [4.69, 9.17) is 0 Å². The van der Waals surface area contributed by atoms with E-state index in [-0.39, 0.29) is 11.6 Å². The molecular formula is C18H15N3O3S. The van der Waals surface area contributed by atoms with E-state index in [0.29, 0.717) is 22.0 Å². The van der Waals surface area contributed by atoms with Gasteiger partial charge in [-0.05, 0) is 31.0 Å². The Kier molecular flexibility index (Phi) is 4.58. The first-order valence-electron chi connectivity index (χ1n) is 7.53. The van der Waals surface area contributed by atoms with E-state index < -0.39 is 4.92 Å². The van der Waals surface area contributed by atoms with Crippen molar-refractivity contribution in [2.45, 2.75) is 13.8 Å². The second kappa shape index (κ2) is 6.82. The summed E-state index contributed by atoms with van der Waals surface area (Å²) in [5, 5.41) is 15.9. The van der Waals surface area contributed by atoms with Crippen LogP contribution < -0.4 is 5.32 Å². The van der Waals surface area contributed by atoms with Gasteiger partial charge >= 0.3 is 0 Å². The first-order valence-corrected chi connectivity index (χ1v) is 8.41. The molecule has 0 bridgehead atoms. The Hall–Kier alpha value is -3.06. The van der Waals surface area contributed by atoms with Crippen LogP contribution in [0.25, 0.3) is 11.3 Å². The molecule has 0 radical (unpaired) electrons. The molecule has 7 heteroatoms. The molecular weight excluding hydrogens is 338 g/mol. The number of carbonyl (C=O) groups excluding carboxylic acids is 1. The van der Waals surface area contributed by atoms with E-state index in [9.17, 15) is 14.9 Å². The first kappa shape index (κ1) is 16.8. The lowest BCUT2D eigenvalue weighted by Gasteiger charge is -2.07. The SMILES string of the molecule is Cc1cccc(C(=O)Nc2nc(-c3cccc([N+](=O)[O-])c3)cs2)c1C. The van der Waals surface area contributed by atoms with Crippen molar-refractivity contribution in [3.8, 4) is 11.3 Å². The summed E-state index contributed by atoms with van der Waals surface area (Å²) in [4.78, 5) is 27.2. The number of benzene rings is 2. The maximum Gasteiger partial charge on any atom is 0.270 e. The van der Waals surface area contributed by atoms with Gasteiger partial charge < -0.3 is 0 Å². The summed E-state index contributed by atoms with van der Waals surface area (Å²) < 4.78 is 0. The standard InChI is InChI=1S/C18H15N3O3S/c1-11-5-3-8-15(12(11)2)17(22)20-18-19-16(10-25-18)13-6-4-7-14(9-13)21(23)24/h3-10H,1-2H3,(H,19,20,22). The zero-order chi connectivity index (χ0) is 18.0. The molecule has 3 aromatic rings. The minimum absolute atomic E-state index is 0.00599. The number of anilines is 1. The van der Waals surface area contributed by atoms with Gasteiger partial charge in [0.05, 0.1) is 10.6 Å². The van der Waals surface area contributed by atoms with Gasteiger partial charge in [0.1, 0.15) is 0 Å². The lowest BCUT2D eigenvalue weighted by atomic mass is 10.0. The monoisotopic (exact) mass is 353 g/mol. The number of aryl methyl sites for hydroxylation is 1. The number of carbonyl (C=O) groups is 1. The van der Waals surface area contributed by atoms with Crippen LogP contribution in [0.15, 0.2) is 47.8 Å². The van der Waals surface area contributed by atoms with Gasteiger partial charge in [0.15, 0.2) is 5.13 Å². The van der Waals surface area contributed by atoms with Crippen LogP contribution in [0, 0.1) is 24.0 Å². The molecule has 126 valence electrons. The molecule has 0 atom stereocenters. The molecule has 1 aromatic heterocycles. The third kappa shape index (κ3) is 3.56. The number of nitro groups is 1. The molecule has 1 N–H and O–H groups in total. The normalized spacial score (nSPS) is 10.5. The Morgan fingerprint density at radius 3 is 2.72 bits per heavy atom. The number of hydrogen-bond donors (Lipinski definition) is 1. The molecule has 2 aromatic carbocycles. The molecule has 0 aliphatic rings. The fraction of sp³-hybridized carbons (Fsp3) is 0.111. The maximum atomic E-state index is 12.4. The minimum atomic E-state index is -0.445. The van der Waals surface area contributed by atoms with E-state index in [1.54, 1.807) is 23.6 Å². The fourth-order valence-electron chi connectivity index (χ4n) is 2.40. The topological polar surface area (TPSA) is 85.1 Å². The van der Waals surface area contributed by atoms with Gasteiger partial charge in [-0.15, -0.1) is 11.3 Å². The van der Waals surface area contributed by atoms with Gasteiger partial charge in [0, 0.05) is 28.6 Å². The van der Waals surface area contributed by atoms with Crippen LogP contribution in [0.5, 0.6) is 0 Å². The second-order valence-electron chi connectivity index (χ2n) is 5.55. The van der Waals surface area contributed by atoms with Gasteiger partial charge in [-0.1, -0.05) is 24.3 Å². The van der Waals surface area contributed by atoms with Crippen LogP contribution in [0.3, 0.4) is 0 Å². The van der Waals surface area contributed by atoms with Crippen molar-refractivity contribution in [1.29, 1.82) is 0 Å². The predicted molar refractivity (Wildman–Crippen MR) is 98.1 cm³/mol. The highest BCUT2D eigenvalue weighted by atomic mass is 32.1. The molecule has 0 unspecified atom stereocenters. The average Bonchev–Trinajstić information content (AvgIpc) is 3.06. The number of amides is 1. The largest absolute Gasteiger partial charge is 0.298 e. The molecule has 1 heterocycles. The molecule has 0 saturated heterocycles. The number of rotatable bonds is 4. The molecule has 1 amide bonds. The summed E-state index contributed by atoms with van der Waals surface area (Å²) in [5.74, 6) is -0.221. The van der Waals surface area contributed by atoms with Gasteiger partial charge in [-0.3, -0.25) is 20.2 Å². The summed E-state index contributed by atoms with van der Waals surface area (Å²) in [7, 11) is 0. The molecule has 0 aliphatic carbocycles. The Balaban J connectivity index is 1.82. The number of hydrogen-bond acceptors (Lipinski definition) is 5. The van der Waals surface area contributed by atoms with Gasteiger partial charge in [0.2, 0.25) is 0 Å². The quantitative estimate of drug-likeness (QED) is 0.549. The molecule has 6 nitrogen and oxygen atoms in total. The Morgan fingerprint density at radius 1 is 1.20 bits per heavy atom. The van der Waals surface area contributed by atoms with Crippen molar-refractivity contribution in [2.75, 3.05) is 5.32 Å². The average molecular weight is 353 g/mol. The van der Waals surface area contributed by atoms with E-state index >= 15 is 0 Å². The number of nitro benzene ring substituents is 1. The van der Waals surface area contributed by atoms with Crippen LogP contribution in [0.1, 0.15) is 21.5 Å². The molecule has 25 heavy (non-hydrogen) atoms. The van der Waals surface area contributed by atoms with Crippen LogP contribution >= 0.6 is 11.3 Å². The third-order valence-corrected chi connectivity index (χ3v) is 4.68. The Bertz CT molecular complexity index is 966. The zero-order valence-electron chi connectivity index (χ0n) is 13.6. The summed E-state index contributed by atoms with van der Waals surface area (Å²) >= 11 is 1.28. The van der Waals surface area contributed by atoms with Crippen LogP contribution in [0.4, 0.5) is 10.8 Å². The highest BCUT2D eigenvalue weighted by Crippen LogP contribution is 2.28. The number of non-ortho nitro benzene ring substituents is 1. The van der Waals surface area contributed by atoms with Gasteiger partial charge in [-0.2, -0.15) is 0 Å². The second-order valence-corrected chi connectivity index (χ2v) is 6.41. The minimum Gasteiger partial charge on any atom is -0.298 e. The van der Waals surface area contributed by atoms with Gasteiger partial charge in [0.25, 0.3) is 11.6 Å². The summed E-state index contributed by atoms with van der Waals surface area (Å²) in [5.41, 5.74) is 3.81. The fourth-order valence-corrected chi connectivity index (χ4v) is 3.12. The van der Waals surface area contributed by atoms with E-state index in [1.165, 1.54) is 23.5 Å². The smallest absolute Gasteiger partial charge is 0.270 e. The van der Waals surface area contributed by atoms with Crippen molar-refractivity contribution >= 4 is 28.1 Å². The lowest BCUT2D eigenvalue weighted by Crippen LogP contribution is -2.13. The van der Waals surface area contributed by atoms with Crippen molar-refractivity contribution in [3.05, 3.63) is 74.6 Å². The van der Waals surface area contributed by atoms with Crippen molar-refractivity contribution in [1.82, 2.24) is 4.98 Å². The Labute approximate surface area is 148 Å². The lowest BCUT2D eigenvalue weighted by molar-refractivity contribution is -0.384. The molecule has 0 saturated carbocycles. The van der Waals surface area contributed by atoms with Crippen LogP contribution in [0.2, 0.25) is 0 Å². The van der Waals surface area contributed by atoms with Crippen molar-refractivity contribution in [2.24, 2.45) is 0 Å². The predicted octanol–water partition coefficient (Wildman–Crippen LogP) is 4.59. The molecule has 0 fully saturated rings. The summed E-state index contributed by atoms with van der Waals surface area (Å²) in [6.45, 7) is 3.86. The highest BCUT2D eigenvalue weighted by Gasteiger charge is 2.14. The first-order chi connectivity index (χ1) is 12.0. The maximum absolute atomic E-state index is 12.4. The highest BCUT2D eigenvalue weighted by molar-refractivity contribution is 7.14. The molecule has 0 spiro atoms. The van der Waals surface area contributed by atoms with E-state index in [2.05, 4.69) is 10.3 Å². The van der Waals surface area contributed by atoms with E-state index in [0.717, 1.165) is 11.1 Å².